The Morgan fingerprint density at radius 1 is 1.33 bits per heavy atom. The number of benzene rings is 1. The van der Waals surface area contributed by atoms with Gasteiger partial charge in [-0.05, 0) is 24.1 Å². The molecule has 0 saturated carbocycles. The molecule has 1 rings (SSSR count). The van der Waals surface area contributed by atoms with Crippen molar-refractivity contribution in [3.63, 3.8) is 0 Å². The molecule has 0 saturated heterocycles. The Balaban J connectivity index is 2.75. The van der Waals surface area contributed by atoms with Crippen molar-refractivity contribution in [3.05, 3.63) is 28.2 Å². The van der Waals surface area contributed by atoms with Crippen molar-refractivity contribution < 1.29 is 27.9 Å². The summed E-state index contributed by atoms with van der Waals surface area (Å²) in [7, 11) is 0. The molecule has 0 fully saturated rings. The van der Waals surface area contributed by atoms with Crippen molar-refractivity contribution in [3.8, 4) is 0 Å². The number of anilines is 1. The summed E-state index contributed by atoms with van der Waals surface area (Å²) in [6, 6.07) is 3.35. The van der Waals surface area contributed by atoms with Gasteiger partial charge in [-0.25, -0.2) is 0 Å². The summed E-state index contributed by atoms with van der Waals surface area (Å²) in [4.78, 5) is 22.1. The molecule has 1 aromatic carbocycles. The first-order chi connectivity index (χ1) is 9.59. The van der Waals surface area contributed by atoms with E-state index in [1.807, 2.05) is 0 Å². The first-order valence-electron chi connectivity index (χ1n) is 5.98. The molecule has 0 aromatic heterocycles. The van der Waals surface area contributed by atoms with E-state index in [1.165, 1.54) is 12.1 Å². The summed E-state index contributed by atoms with van der Waals surface area (Å²) in [5.41, 5.74) is -0.878. The van der Waals surface area contributed by atoms with Crippen molar-refractivity contribution >= 4 is 33.5 Å². The predicted octanol–water partition coefficient (Wildman–Crippen LogP) is 3.91. The molecule has 0 bridgehead atoms. The van der Waals surface area contributed by atoms with Crippen LogP contribution in [-0.2, 0) is 15.8 Å². The van der Waals surface area contributed by atoms with Gasteiger partial charge in [0.25, 0.3) is 0 Å². The fourth-order valence-electron chi connectivity index (χ4n) is 1.72. The van der Waals surface area contributed by atoms with Gasteiger partial charge in [-0.2, -0.15) is 13.2 Å². The molecular weight excluding hydrogens is 355 g/mol. The van der Waals surface area contributed by atoms with E-state index in [-0.39, 0.29) is 23.0 Å². The number of carboxylic acid groups (broad SMARTS) is 1. The third-order valence-electron chi connectivity index (χ3n) is 2.61. The second-order valence-electron chi connectivity index (χ2n) is 4.65. The lowest BCUT2D eigenvalue weighted by Crippen LogP contribution is -2.17. The number of carboxylic acids is 1. The minimum absolute atomic E-state index is 0.0121. The van der Waals surface area contributed by atoms with Crippen LogP contribution in [0.2, 0.25) is 0 Å². The van der Waals surface area contributed by atoms with Crippen LogP contribution in [0.4, 0.5) is 18.9 Å². The normalized spacial score (nSPS) is 12.8. The standard InChI is InChI=1S/C13H13BrF3NO3/c1-7(5-12(20)21)4-11(19)18-8-2-3-10(14)9(6-8)13(15,16)17/h2-3,6-7H,4-5H2,1H3,(H,18,19)(H,20,21). The third kappa shape index (κ3) is 5.74. The molecule has 0 aliphatic carbocycles. The van der Waals surface area contributed by atoms with Crippen molar-refractivity contribution in [1.29, 1.82) is 0 Å². The molecule has 0 aliphatic heterocycles. The maximum Gasteiger partial charge on any atom is 0.417 e. The highest BCUT2D eigenvalue weighted by atomic mass is 79.9. The topological polar surface area (TPSA) is 66.4 Å². The molecule has 8 heteroatoms. The average molecular weight is 368 g/mol. The van der Waals surface area contributed by atoms with Crippen LogP contribution in [0.1, 0.15) is 25.3 Å². The zero-order valence-corrected chi connectivity index (χ0v) is 12.6. The highest BCUT2D eigenvalue weighted by molar-refractivity contribution is 9.10. The number of alkyl halides is 3. The van der Waals surface area contributed by atoms with Crippen LogP contribution in [0.5, 0.6) is 0 Å². The number of amides is 1. The number of rotatable bonds is 5. The Hall–Kier alpha value is -1.57. The fraction of sp³-hybridized carbons (Fsp3) is 0.385. The molecule has 0 spiro atoms. The van der Waals surface area contributed by atoms with E-state index in [0.717, 1.165) is 6.07 Å². The smallest absolute Gasteiger partial charge is 0.417 e. The SMILES string of the molecule is CC(CC(=O)O)CC(=O)Nc1ccc(Br)c(C(F)(F)F)c1. The van der Waals surface area contributed by atoms with Crippen LogP contribution in [0.3, 0.4) is 0 Å². The largest absolute Gasteiger partial charge is 0.481 e. The molecular formula is C13H13BrF3NO3. The summed E-state index contributed by atoms with van der Waals surface area (Å²) in [6.07, 6.45) is -4.79. The predicted molar refractivity (Wildman–Crippen MR) is 73.8 cm³/mol. The van der Waals surface area contributed by atoms with E-state index in [0.29, 0.717) is 0 Å². The summed E-state index contributed by atoms with van der Waals surface area (Å²) in [5.74, 6) is -1.96. The van der Waals surface area contributed by atoms with Crippen LogP contribution in [0.25, 0.3) is 0 Å². The van der Waals surface area contributed by atoms with Crippen molar-refractivity contribution in [1.82, 2.24) is 0 Å². The molecule has 116 valence electrons. The van der Waals surface area contributed by atoms with E-state index in [9.17, 15) is 22.8 Å². The van der Waals surface area contributed by atoms with E-state index in [4.69, 9.17) is 5.11 Å². The maximum atomic E-state index is 12.7. The second kappa shape index (κ2) is 6.93. The third-order valence-corrected chi connectivity index (χ3v) is 3.30. The second-order valence-corrected chi connectivity index (χ2v) is 5.50. The average Bonchev–Trinajstić information content (AvgIpc) is 2.28. The highest BCUT2D eigenvalue weighted by Crippen LogP contribution is 2.36. The van der Waals surface area contributed by atoms with E-state index in [1.54, 1.807) is 6.92 Å². The Kier molecular flexibility index (Phi) is 5.77. The minimum Gasteiger partial charge on any atom is -0.481 e. The number of carbonyl (C=O) groups is 2. The Morgan fingerprint density at radius 2 is 1.95 bits per heavy atom. The van der Waals surface area contributed by atoms with Crippen molar-refractivity contribution in [2.45, 2.75) is 25.9 Å². The molecule has 4 nitrogen and oxygen atoms in total. The lowest BCUT2D eigenvalue weighted by molar-refractivity contribution is -0.139. The molecule has 1 unspecified atom stereocenters. The van der Waals surface area contributed by atoms with E-state index < -0.39 is 29.5 Å². The lowest BCUT2D eigenvalue weighted by Gasteiger charge is -2.13. The van der Waals surface area contributed by atoms with Crippen LogP contribution >= 0.6 is 15.9 Å². The van der Waals surface area contributed by atoms with Gasteiger partial charge in [0.05, 0.1) is 5.56 Å². The molecule has 0 radical (unpaired) electrons. The molecule has 0 heterocycles. The zero-order chi connectivity index (χ0) is 16.2. The van der Waals surface area contributed by atoms with Gasteiger partial charge < -0.3 is 10.4 Å². The van der Waals surface area contributed by atoms with Crippen LogP contribution in [0, 0.1) is 5.92 Å². The Morgan fingerprint density at radius 3 is 2.48 bits per heavy atom. The van der Waals surface area contributed by atoms with Crippen LogP contribution in [0.15, 0.2) is 22.7 Å². The molecule has 21 heavy (non-hydrogen) atoms. The van der Waals surface area contributed by atoms with Gasteiger partial charge in [0.2, 0.25) is 5.91 Å². The van der Waals surface area contributed by atoms with Crippen molar-refractivity contribution in [2.75, 3.05) is 5.32 Å². The molecule has 2 N–H and O–H groups in total. The van der Waals surface area contributed by atoms with E-state index in [2.05, 4.69) is 21.2 Å². The van der Waals surface area contributed by atoms with Crippen molar-refractivity contribution in [2.24, 2.45) is 5.92 Å². The highest BCUT2D eigenvalue weighted by Gasteiger charge is 2.33. The number of carbonyl (C=O) groups excluding carboxylic acids is 1. The van der Waals surface area contributed by atoms with Gasteiger partial charge in [-0.1, -0.05) is 22.9 Å². The molecule has 1 atom stereocenters. The number of hydrogen-bond donors (Lipinski definition) is 2. The zero-order valence-electron chi connectivity index (χ0n) is 11.0. The summed E-state index contributed by atoms with van der Waals surface area (Å²) in [6.45, 7) is 1.58. The number of halogens is 4. The molecule has 0 aliphatic rings. The number of aliphatic carboxylic acids is 1. The molecule has 1 aromatic rings. The summed E-state index contributed by atoms with van der Waals surface area (Å²) >= 11 is 2.80. The summed E-state index contributed by atoms with van der Waals surface area (Å²) < 4.78 is 38.0. The maximum absolute atomic E-state index is 12.7. The Labute approximate surface area is 127 Å². The first-order valence-corrected chi connectivity index (χ1v) is 6.77. The monoisotopic (exact) mass is 367 g/mol. The fourth-order valence-corrected chi connectivity index (χ4v) is 2.19. The first kappa shape index (κ1) is 17.5. The van der Waals surface area contributed by atoms with E-state index >= 15 is 0 Å². The van der Waals surface area contributed by atoms with Gasteiger partial charge >= 0.3 is 12.1 Å². The minimum atomic E-state index is -4.53. The van der Waals surface area contributed by atoms with Gasteiger partial charge in [0.15, 0.2) is 0 Å². The number of hydrogen-bond acceptors (Lipinski definition) is 2. The van der Waals surface area contributed by atoms with Gasteiger partial charge in [-0.15, -0.1) is 0 Å². The van der Waals surface area contributed by atoms with Gasteiger partial charge in [0, 0.05) is 23.0 Å². The Bertz CT molecular complexity index is 546. The number of nitrogens with one attached hydrogen (secondary N) is 1. The van der Waals surface area contributed by atoms with Gasteiger partial charge in [-0.3, -0.25) is 9.59 Å². The molecule has 1 amide bonds. The van der Waals surface area contributed by atoms with Gasteiger partial charge in [0.1, 0.15) is 0 Å². The lowest BCUT2D eigenvalue weighted by atomic mass is 10.0. The van der Waals surface area contributed by atoms with Crippen LogP contribution in [-0.4, -0.2) is 17.0 Å². The summed E-state index contributed by atoms with van der Waals surface area (Å²) in [5, 5.41) is 10.9. The van der Waals surface area contributed by atoms with Crippen LogP contribution < -0.4 is 5.32 Å². The quantitative estimate of drug-likeness (QED) is 0.828.